The Labute approximate surface area is 145 Å². The summed E-state index contributed by atoms with van der Waals surface area (Å²) >= 11 is 0. The maximum atomic E-state index is 12.5. The molecule has 24 heavy (non-hydrogen) atoms. The minimum Gasteiger partial charge on any atom is -0.378 e. The van der Waals surface area contributed by atoms with Crippen molar-refractivity contribution in [3.63, 3.8) is 0 Å². The Bertz CT molecular complexity index is 399. The van der Waals surface area contributed by atoms with E-state index in [1.54, 1.807) is 0 Å². The lowest BCUT2D eigenvalue weighted by Gasteiger charge is -2.38. The van der Waals surface area contributed by atoms with Crippen molar-refractivity contribution in [1.29, 1.82) is 0 Å². The lowest BCUT2D eigenvalue weighted by atomic mass is 10.3. The normalized spacial score (nSPS) is 19.4. The zero-order chi connectivity index (χ0) is 17.4. The van der Waals surface area contributed by atoms with Gasteiger partial charge in [-0.3, -0.25) is 9.69 Å². The van der Waals surface area contributed by atoms with Crippen LogP contribution in [0.15, 0.2) is 0 Å². The third-order valence-electron chi connectivity index (χ3n) is 4.62. The van der Waals surface area contributed by atoms with E-state index in [1.807, 2.05) is 14.7 Å². The molecule has 0 aliphatic carbocycles. The van der Waals surface area contributed by atoms with Crippen molar-refractivity contribution in [3.05, 3.63) is 0 Å². The average molecular weight is 340 g/mol. The molecular weight excluding hydrogens is 308 g/mol. The van der Waals surface area contributed by atoms with Gasteiger partial charge in [-0.2, -0.15) is 0 Å². The molecule has 0 bridgehead atoms. The summed E-state index contributed by atoms with van der Waals surface area (Å²) in [5, 5.41) is 0. The molecule has 3 amide bonds. The predicted octanol–water partition coefficient (Wildman–Crippen LogP) is 0.705. The van der Waals surface area contributed by atoms with Crippen LogP contribution in [-0.2, 0) is 9.53 Å². The van der Waals surface area contributed by atoms with Crippen LogP contribution in [-0.4, -0.2) is 104 Å². The van der Waals surface area contributed by atoms with E-state index in [0.29, 0.717) is 45.9 Å². The molecule has 2 rings (SSSR count). The van der Waals surface area contributed by atoms with Gasteiger partial charge in [0, 0.05) is 52.4 Å². The molecule has 2 aliphatic rings. The van der Waals surface area contributed by atoms with Gasteiger partial charge in [0.1, 0.15) is 0 Å². The predicted molar refractivity (Wildman–Crippen MR) is 93.0 cm³/mol. The Kier molecular flexibility index (Phi) is 7.78. The second-order valence-electron chi connectivity index (χ2n) is 6.53. The Morgan fingerprint density at radius 1 is 0.875 bits per heavy atom. The van der Waals surface area contributed by atoms with Crippen LogP contribution in [0.1, 0.15) is 26.7 Å². The number of urea groups is 1. The van der Waals surface area contributed by atoms with Crippen molar-refractivity contribution in [1.82, 2.24) is 19.6 Å². The molecule has 7 heteroatoms. The SMILES string of the molecule is CCCN(CCC)C(=O)CN1CCN(C(=O)N2CCOCC2)CC1. The molecule has 0 spiro atoms. The van der Waals surface area contributed by atoms with Gasteiger partial charge in [0.25, 0.3) is 0 Å². The summed E-state index contributed by atoms with van der Waals surface area (Å²) in [6, 6.07) is 0.114. The Morgan fingerprint density at radius 2 is 1.42 bits per heavy atom. The van der Waals surface area contributed by atoms with E-state index in [2.05, 4.69) is 18.7 Å². The Morgan fingerprint density at radius 3 is 1.96 bits per heavy atom. The largest absolute Gasteiger partial charge is 0.378 e. The van der Waals surface area contributed by atoms with E-state index < -0.39 is 0 Å². The summed E-state index contributed by atoms with van der Waals surface area (Å²) in [5.74, 6) is 0.214. The summed E-state index contributed by atoms with van der Waals surface area (Å²) in [5.41, 5.74) is 0. The zero-order valence-electron chi connectivity index (χ0n) is 15.2. The quantitative estimate of drug-likeness (QED) is 0.714. The first-order chi connectivity index (χ1) is 11.7. The Hall–Kier alpha value is -1.34. The number of hydrogen-bond acceptors (Lipinski definition) is 4. The first-order valence-corrected chi connectivity index (χ1v) is 9.27. The van der Waals surface area contributed by atoms with Crippen LogP contribution in [0.2, 0.25) is 0 Å². The van der Waals surface area contributed by atoms with Gasteiger partial charge < -0.3 is 19.4 Å². The fourth-order valence-corrected chi connectivity index (χ4v) is 3.24. The molecule has 0 saturated carbocycles. The summed E-state index contributed by atoms with van der Waals surface area (Å²) in [6.07, 6.45) is 1.99. The molecule has 0 aromatic rings. The molecule has 2 saturated heterocycles. The molecule has 7 nitrogen and oxygen atoms in total. The third kappa shape index (κ3) is 5.34. The number of carbonyl (C=O) groups is 2. The first-order valence-electron chi connectivity index (χ1n) is 9.27. The highest BCUT2D eigenvalue weighted by Gasteiger charge is 2.27. The minimum atomic E-state index is 0.114. The maximum Gasteiger partial charge on any atom is 0.320 e. The van der Waals surface area contributed by atoms with Gasteiger partial charge in [-0.15, -0.1) is 0 Å². The van der Waals surface area contributed by atoms with Gasteiger partial charge in [-0.25, -0.2) is 4.79 Å². The van der Waals surface area contributed by atoms with Gasteiger partial charge in [-0.1, -0.05) is 13.8 Å². The zero-order valence-corrected chi connectivity index (χ0v) is 15.2. The number of amides is 3. The lowest BCUT2D eigenvalue weighted by molar-refractivity contribution is -0.132. The number of hydrogen-bond donors (Lipinski definition) is 0. The monoisotopic (exact) mass is 340 g/mol. The Balaban J connectivity index is 1.75. The molecule has 0 radical (unpaired) electrons. The molecule has 0 unspecified atom stereocenters. The average Bonchev–Trinajstić information content (AvgIpc) is 2.62. The maximum absolute atomic E-state index is 12.5. The summed E-state index contributed by atoms with van der Waals surface area (Å²) < 4.78 is 5.30. The first kappa shape index (κ1) is 19.0. The van der Waals surface area contributed by atoms with Crippen LogP contribution in [0, 0.1) is 0 Å². The van der Waals surface area contributed by atoms with Crippen LogP contribution in [0.4, 0.5) is 4.79 Å². The van der Waals surface area contributed by atoms with Crippen molar-refractivity contribution in [2.24, 2.45) is 0 Å². The fourth-order valence-electron chi connectivity index (χ4n) is 3.24. The van der Waals surface area contributed by atoms with Gasteiger partial charge in [0.2, 0.25) is 5.91 Å². The van der Waals surface area contributed by atoms with E-state index in [0.717, 1.165) is 39.0 Å². The summed E-state index contributed by atoms with van der Waals surface area (Å²) in [7, 11) is 0. The molecule has 2 fully saturated rings. The molecule has 2 aliphatic heterocycles. The number of ether oxygens (including phenoxy) is 1. The van der Waals surface area contributed by atoms with Crippen molar-refractivity contribution in [2.45, 2.75) is 26.7 Å². The number of piperazine rings is 1. The van der Waals surface area contributed by atoms with Crippen LogP contribution in [0.3, 0.4) is 0 Å². The second kappa shape index (κ2) is 9.84. The molecule has 0 atom stereocenters. The summed E-state index contributed by atoms with van der Waals surface area (Å²) in [6.45, 7) is 11.9. The van der Waals surface area contributed by atoms with Crippen LogP contribution in [0.25, 0.3) is 0 Å². The second-order valence-corrected chi connectivity index (χ2v) is 6.53. The number of nitrogens with zero attached hydrogens (tertiary/aromatic N) is 4. The number of morpholine rings is 1. The highest BCUT2D eigenvalue weighted by molar-refractivity contribution is 5.78. The molecule has 2 heterocycles. The van der Waals surface area contributed by atoms with Gasteiger partial charge in [0.05, 0.1) is 19.8 Å². The topological polar surface area (TPSA) is 56.3 Å². The molecule has 0 N–H and O–H groups in total. The van der Waals surface area contributed by atoms with E-state index in [-0.39, 0.29) is 11.9 Å². The van der Waals surface area contributed by atoms with E-state index in [9.17, 15) is 9.59 Å². The molecule has 0 aromatic carbocycles. The van der Waals surface area contributed by atoms with E-state index in [1.165, 1.54) is 0 Å². The van der Waals surface area contributed by atoms with Crippen molar-refractivity contribution >= 4 is 11.9 Å². The van der Waals surface area contributed by atoms with Crippen LogP contribution < -0.4 is 0 Å². The highest BCUT2D eigenvalue weighted by atomic mass is 16.5. The highest BCUT2D eigenvalue weighted by Crippen LogP contribution is 2.08. The van der Waals surface area contributed by atoms with E-state index >= 15 is 0 Å². The van der Waals surface area contributed by atoms with Gasteiger partial charge >= 0.3 is 6.03 Å². The third-order valence-corrected chi connectivity index (χ3v) is 4.62. The van der Waals surface area contributed by atoms with Crippen molar-refractivity contribution in [2.75, 3.05) is 72.1 Å². The van der Waals surface area contributed by atoms with Gasteiger partial charge in [-0.05, 0) is 12.8 Å². The number of carbonyl (C=O) groups excluding carboxylic acids is 2. The summed E-state index contributed by atoms with van der Waals surface area (Å²) in [4.78, 5) is 32.8. The van der Waals surface area contributed by atoms with Crippen LogP contribution >= 0.6 is 0 Å². The fraction of sp³-hybridized carbons (Fsp3) is 0.882. The van der Waals surface area contributed by atoms with E-state index in [4.69, 9.17) is 4.74 Å². The lowest BCUT2D eigenvalue weighted by Crippen LogP contribution is -2.56. The minimum absolute atomic E-state index is 0.114. The molecule has 0 aromatic heterocycles. The number of rotatable bonds is 6. The van der Waals surface area contributed by atoms with Gasteiger partial charge in [0.15, 0.2) is 0 Å². The molecule has 138 valence electrons. The van der Waals surface area contributed by atoms with Crippen molar-refractivity contribution in [3.8, 4) is 0 Å². The standard InChI is InChI=1S/C17H32N4O3/c1-3-5-19(6-4-2)16(22)15-18-7-9-20(10-8-18)17(23)21-11-13-24-14-12-21/h3-15H2,1-2H3. The smallest absolute Gasteiger partial charge is 0.320 e. The van der Waals surface area contributed by atoms with Crippen LogP contribution in [0.5, 0.6) is 0 Å². The van der Waals surface area contributed by atoms with Crippen molar-refractivity contribution < 1.29 is 14.3 Å². The molecular formula is C17H32N4O3.